The van der Waals surface area contributed by atoms with Gasteiger partial charge in [0, 0.05) is 38.5 Å². The molecule has 0 radical (unpaired) electrons. The van der Waals surface area contributed by atoms with Crippen LogP contribution in [0.4, 0.5) is 0 Å². The lowest BCUT2D eigenvalue weighted by Gasteiger charge is -2.32. The number of aryl methyl sites for hydroxylation is 1. The first-order valence-electron chi connectivity index (χ1n) is 10.6. The Balaban J connectivity index is 1.40. The smallest absolute Gasteiger partial charge is 0.255 e. The van der Waals surface area contributed by atoms with Gasteiger partial charge in [0.25, 0.3) is 5.56 Å². The molecule has 2 aliphatic heterocycles. The third-order valence-corrected chi connectivity index (χ3v) is 7.48. The number of carbonyl (C=O) groups excluding carboxylic acids is 1. The Morgan fingerprint density at radius 1 is 1.16 bits per heavy atom. The van der Waals surface area contributed by atoms with Crippen LogP contribution in [-0.4, -0.2) is 59.4 Å². The van der Waals surface area contributed by atoms with Crippen LogP contribution in [0.15, 0.2) is 29.1 Å². The second-order valence-corrected chi connectivity index (χ2v) is 10.5. The molecule has 1 saturated heterocycles. The Hall–Kier alpha value is -2.52. The second-order valence-electron chi connectivity index (χ2n) is 8.54. The summed E-state index contributed by atoms with van der Waals surface area (Å²) in [6.07, 6.45) is 3.48. The van der Waals surface area contributed by atoms with Gasteiger partial charge in [0.1, 0.15) is 5.82 Å². The van der Waals surface area contributed by atoms with Crippen molar-refractivity contribution in [1.29, 1.82) is 0 Å². The average molecular weight is 445 g/mol. The Kier molecular flexibility index (Phi) is 5.98. The molecule has 0 unspecified atom stereocenters. The molecule has 0 bridgehead atoms. The van der Waals surface area contributed by atoms with E-state index in [9.17, 15) is 18.0 Å². The number of H-pyrrole nitrogens is 1. The number of fused-ring (bicyclic) bond motifs is 1. The van der Waals surface area contributed by atoms with Crippen molar-refractivity contribution < 1.29 is 13.2 Å². The molecule has 8 nitrogen and oxygen atoms in total. The quantitative estimate of drug-likeness (QED) is 0.767. The van der Waals surface area contributed by atoms with Crippen molar-refractivity contribution in [1.82, 2.24) is 19.2 Å². The summed E-state index contributed by atoms with van der Waals surface area (Å²) in [4.78, 5) is 34.7. The number of amides is 1. The fourth-order valence-electron chi connectivity index (χ4n) is 4.29. The van der Waals surface area contributed by atoms with Crippen molar-refractivity contribution in [3.05, 3.63) is 62.8 Å². The van der Waals surface area contributed by atoms with Gasteiger partial charge in [-0.15, -0.1) is 0 Å². The molecule has 0 atom stereocenters. The molecule has 0 spiro atoms. The van der Waals surface area contributed by atoms with Gasteiger partial charge in [-0.25, -0.2) is 13.4 Å². The first-order valence-corrected chi connectivity index (χ1v) is 12.5. The number of aromatic amines is 1. The Morgan fingerprint density at radius 3 is 2.48 bits per heavy atom. The molecule has 0 aliphatic carbocycles. The number of rotatable bonds is 4. The van der Waals surface area contributed by atoms with Gasteiger partial charge < -0.3 is 9.88 Å². The number of piperidine rings is 1. The van der Waals surface area contributed by atoms with Crippen LogP contribution in [0.5, 0.6) is 0 Å². The maximum absolute atomic E-state index is 12.7. The number of benzene rings is 1. The summed E-state index contributed by atoms with van der Waals surface area (Å²) >= 11 is 0. The van der Waals surface area contributed by atoms with Crippen LogP contribution in [0.2, 0.25) is 0 Å². The molecule has 31 heavy (non-hydrogen) atoms. The molecule has 2 aromatic rings. The number of likely N-dealkylation sites (tertiary alicyclic amines) is 1. The van der Waals surface area contributed by atoms with Gasteiger partial charge in [0.2, 0.25) is 15.9 Å². The number of nitrogens with zero attached hydrogens (tertiary/aromatic N) is 3. The summed E-state index contributed by atoms with van der Waals surface area (Å²) in [6.45, 7) is 3.71. The van der Waals surface area contributed by atoms with E-state index in [0.717, 1.165) is 24.7 Å². The fourth-order valence-corrected chi connectivity index (χ4v) is 5.08. The molecule has 1 aromatic carbocycles. The highest BCUT2D eigenvalue weighted by atomic mass is 32.2. The molecular formula is C22H28N4O4S. The first kappa shape index (κ1) is 21.7. The lowest BCUT2D eigenvalue weighted by atomic mass is 9.95. The van der Waals surface area contributed by atoms with Gasteiger partial charge >= 0.3 is 0 Å². The second kappa shape index (κ2) is 8.55. The Morgan fingerprint density at radius 2 is 1.84 bits per heavy atom. The average Bonchev–Trinajstić information content (AvgIpc) is 2.74. The summed E-state index contributed by atoms with van der Waals surface area (Å²) in [5.41, 5.74) is 3.06. The number of hydrogen-bond acceptors (Lipinski definition) is 5. The van der Waals surface area contributed by atoms with E-state index in [1.54, 1.807) is 0 Å². The molecule has 1 amide bonds. The van der Waals surface area contributed by atoms with Crippen LogP contribution in [0, 0.1) is 6.92 Å². The zero-order valence-electron chi connectivity index (χ0n) is 17.9. The SMILES string of the molecule is Cc1ccc(CC(=O)N2CCC(c3nc4c(c(=O)[nH]3)CN(S(C)(=O)=O)CC4)CC2)cc1. The van der Waals surface area contributed by atoms with E-state index in [4.69, 9.17) is 0 Å². The highest BCUT2D eigenvalue weighted by Crippen LogP contribution is 2.27. The Bertz CT molecular complexity index is 1130. The fraction of sp³-hybridized carbons (Fsp3) is 0.500. The lowest BCUT2D eigenvalue weighted by Crippen LogP contribution is -2.41. The van der Waals surface area contributed by atoms with E-state index < -0.39 is 10.0 Å². The lowest BCUT2D eigenvalue weighted by molar-refractivity contribution is -0.131. The van der Waals surface area contributed by atoms with Crippen LogP contribution < -0.4 is 5.56 Å². The van der Waals surface area contributed by atoms with Crippen LogP contribution in [-0.2, 0) is 34.2 Å². The van der Waals surface area contributed by atoms with Crippen LogP contribution in [0.3, 0.4) is 0 Å². The van der Waals surface area contributed by atoms with Gasteiger partial charge in [-0.1, -0.05) is 29.8 Å². The van der Waals surface area contributed by atoms with E-state index >= 15 is 0 Å². The predicted octanol–water partition coefficient (Wildman–Crippen LogP) is 1.34. The molecule has 2 aliphatic rings. The van der Waals surface area contributed by atoms with Gasteiger partial charge in [-0.3, -0.25) is 9.59 Å². The largest absolute Gasteiger partial charge is 0.342 e. The zero-order valence-corrected chi connectivity index (χ0v) is 18.7. The minimum atomic E-state index is -3.34. The number of nitrogens with one attached hydrogen (secondary N) is 1. The van der Waals surface area contributed by atoms with E-state index in [1.807, 2.05) is 36.1 Å². The minimum absolute atomic E-state index is 0.0722. The maximum atomic E-state index is 12.7. The molecule has 0 saturated carbocycles. The van der Waals surface area contributed by atoms with Crippen molar-refractivity contribution in [2.45, 2.75) is 45.1 Å². The molecule has 166 valence electrons. The van der Waals surface area contributed by atoms with Gasteiger partial charge in [0.15, 0.2) is 0 Å². The molecule has 3 heterocycles. The summed E-state index contributed by atoms with van der Waals surface area (Å²) < 4.78 is 24.9. The standard InChI is InChI=1S/C22H28N4O4S/c1-15-3-5-16(6-4-15)13-20(27)25-10-7-17(8-11-25)21-23-19-9-12-26(31(2,29)30)14-18(19)22(28)24-21/h3-6,17H,7-14H2,1-2H3,(H,23,24,28). The van der Waals surface area contributed by atoms with E-state index in [-0.39, 0.29) is 23.9 Å². The normalized spacial score (nSPS) is 18.1. The maximum Gasteiger partial charge on any atom is 0.255 e. The number of sulfonamides is 1. The van der Waals surface area contributed by atoms with Gasteiger partial charge in [-0.05, 0) is 25.3 Å². The molecule has 1 fully saturated rings. The van der Waals surface area contributed by atoms with Crippen LogP contribution in [0.25, 0.3) is 0 Å². The van der Waals surface area contributed by atoms with Crippen molar-refractivity contribution in [3.8, 4) is 0 Å². The molecular weight excluding hydrogens is 416 g/mol. The minimum Gasteiger partial charge on any atom is -0.342 e. The van der Waals surface area contributed by atoms with E-state index in [2.05, 4.69) is 9.97 Å². The van der Waals surface area contributed by atoms with Gasteiger partial charge in [-0.2, -0.15) is 4.31 Å². The molecule has 9 heteroatoms. The highest BCUT2D eigenvalue weighted by molar-refractivity contribution is 7.88. The summed E-state index contributed by atoms with van der Waals surface area (Å²) in [5.74, 6) is 0.867. The molecule has 4 rings (SSSR count). The van der Waals surface area contributed by atoms with Crippen molar-refractivity contribution >= 4 is 15.9 Å². The van der Waals surface area contributed by atoms with Crippen LogP contribution >= 0.6 is 0 Å². The van der Waals surface area contributed by atoms with Crippen molar-refractivity contribution in [3.63, 3.8) is 0 Å². The monoisotopic (exact) mass is 444 g/mol. The third-order valence-electron chi connectivity index (χ3n) is 6.23. The van der Waals surface area contributed by atoms with Gasteiger partial charge in [0.05, 0.1) is 23.9 Å². The van der Waals surface area contributed by atoms with E-state index in [1.165, 1.54) is 9.87 Å². The van der Waals surface area contributed by atoms with E-state index in [0.29, 0.717) is 49.6 Å². The molecule has 1 N–H and O–H groups in total. The molecule has 1 aromatic heterocycles. The first-order chi connectivity index (χ1) is 14.7. The van der Waals surface area contributed by atoms with Crippen molar-refractivity contribution in [2.75, 3.05) is 25.9 Å². The summed E-state index contributed by atoms with van der Waals surface area (Å²) in [7, 11) is -3.34. The number of carbonyl (C=O) groups is 1. The summed E-state index contributed by atoms with van der Waals surface area (Å²) in [6, 6.07) is 8.02. The third kappa shape index (κ3) is 4.88. The predicted molar refractivity (Wildman–Crippen MR) is 117 cm³/mol. The highest BCUT2D eigenvalue weighted by Gasteiger charge is 2.29. The van der Waals surface area contributed by atoms with Crippen LogP contribution in [0.1, 0.15) is 47.0 Å². The zero-order chi connectivity index (χ0) is 22.2. The number of aromatic nitrogens is 2. The van der Waals surface area contributed by atoms with Crippen molar-refractivity contribution in [2.24, 2.45) is 0 Å². The number of hydrogen-bond donors (Lipinski definition) is 1. The summed E-state index contributed by atoms with van der Waals surface area (Å²) in [5, 5.41) is 0. The topological polar surface area (TPSA) is 103 Å². The Labute approximate surface area is 182 Å².